The van der Waals surface area contributed by atoms with Gasteiger partial charge in [0.05, 0.1) is 32.9 Å². The van der Waals surface area contributed by atoms with E-state index in [1.165, 1.54) is 0 Å². The van der Waals surface area contributed by atoms with Crippen LogP contribution in [0.4, 0.5) is 11.5 Å². The maximum absolute atomic E-state index is 12.6. The Morgan fingerprint density at radius 2 is 2.28 bits per heavy atom. The first-order chi connectivity index (χ1) is 14.1. The number of anilines is 2. The van der Waals surface area contributed by atoms with Gasteiger partial charge in [-0.2, -0.15) is 10.4 Å². The zero-order valence-corrected chi connectivity index (χ0v) is 16.8. The third-order valence-electron chi connectivity index (χ3n) is 5.42. The summed E-state index contributed by atoms with van der Waals surface area (Å²) in [6.45, 7) is 1.99. The Kier molecular flexibility index (Phi) is 4.32. The number of hydrogen-bond donors (Lipinski definition) is 2. The fourth-order valence-electron chi connectivity index (χ4n) is 3.95. The lowest BCUT2D eigenvalue weighted by Crippen LogP contribution is -2.13. The summed E-state index contributed by atoms with van der Waals surface area (Å²) in [6, 6.07) is 10.3. The molecule has 0 amide bonds. The van der Waals surface area contributed by atoms with Crippen LogP contribution in [0.15, 0.2) is 35.3 Å². The number of nitrogens with one attached hydrogen (secondary N) is 2. The van der Waals surface area contributed by atoms with E-state index in [4.69, 9.17) is 10.4 Å². The van der Waals surface area contributed by atoms with Crippen LogP contribution < -0.4 is 10.9 Å². The van der Waals surface area contributed by atoms with E-state index < -0.39 is 0 Å². The molecule has 8 heteroatoms. The Bertz CT molecular complexity index is 1310. The van der Waals surface area contributed by atoms with E-state index in [0.717, 1.165) is 45.7 Å². The number of fused-ring (bicyclic) bond motifs is 2. The molecule has 0 spiro atoms. The van der Waals surface area contributed by atoms with Crippen molar-refractivity contribution in [2.24, 2.45) is 5.92 Å². The molecule has 1 atom stereocenters. The summed E-state index contributed by atoms with van der Waals surface area (Å²) >= 11 is 1.64. The molecule has 29 heavy (non-hydrogen) atoms. The summed E-state index contributed by atoms with van der Waals surface area (Å²) < 4.78 is 3.05. The number of aryl methyl sites for hydroxylation is 1. The topological polar surface area (TPSA) is 99.4 Å². The van der Waals surface area contributed by atoms with Crippen molar-refractivity contribution in [2.45, 2.75) is 38.6 Å². The number of pyridine rings is 1. The Balaban J connectivity index is 1.59. The van der Waals surface area contributed by atoms with Crippen LogP contribution in [0.25, 0.3) is 21.1 Å². The zero-order valence-electron chi connectivity index (χ0n) is 16.0. The summed E-state index contributed by atoms with van der Waals surface area (Å²) in [5.74, 6) is 1.07. The molecule has 1 aromatic carbocycles. The molecule has 4 aromatic rings. The molecule has 1 aliphatic rings. The van der Waals surface area contributed by atoms with Gasteiger partial charge in [-0.1, -0.05) is 0 Å². The Morgan fingerprint density at radius 1 is 1.41 bits per heavy atom. The molecule has 3 heterocycles. The molecule has 0 saturated heterocycles. The highest BCUT2D eigenvalue weighted by atomic mass is 32.1. The maximum atomic E-state index is 12.6. The molecular weight excluding hydrogens is 384 g/mol. The van der Waals surface area contributed by atoms with Gasteiger partial charge in [0, 0.05) is 18.3 Å². The van der Waals surface area contributed by atoms with Crippen LogP contribution in [0.1, 0.15) is 36.7 Å². The fourth-order valence-corrected chi connectivity index (χ4v) is 4.81. The lowest BCUT2D eigenvalue weighted by Gasteiger charge is -2.16. The number of nitrogens with zero attached hydrogens (tertiary/aromatic N) is 4. The minimum absolute atomic E-state index is 0.140. The normalized spacial score (nSPS) is 14.9. The molecule has 3 aromatic heterocycles. The van der Waals surface area contributed by atoms with Crippen molar-refractivity contribution in [3.63, 3.8) is 0 Å². The van der Waals surface area contributed by atoms with Gasteiger partial charge in [0.25, 0.3) is 5.56 Å². The zero-order chi connectivity index (χ0) is 20.0. The minimum Gasteiger partial charge on any atom is -0.338 e. The van der Waals surface area contributed by atoms with Crippen molar-refractivity contribution in [1.29, 1.82) is 5.26 Å². The third kappa shape index (κ3) is 3.28. The van der Waals surface area contributed by atoms with Crippen molar-refractivity contribution in [1.82, 2.24) is 19.7 Å². The van der Waals surface area contributed by atoms with Crippen molar-refractivity contribution in [3.8, 4) is 6.07 Å². The first-order valence-corrected chi connectivity index (χ1v) is 10.6. The Labute approximate surface area is 171 Å². The average molecular weight is 404 g/mol. The first-order valence-electron chi connectivity index (χ1n) is 9.75. The van der Waals surface area contributed by atoms with Crippen molar-refractivity contribution < 1.29 is 0 Å². The van der Waals surface area contributed by atoms with E-state index in [0.29, 0.717) is 23.5 Å². The van der Waals surface area contributed by atoms with E-state index >= 15 is 0 Å². The van der Waals surface area contributed by atoms with Crippen LogP contribution in [0.5, 0.6) is 0 Å². The number of benzene rings is 1. The summed E-state index contributed by atoms with van der Waals surface area (Å²) in [5.41, 5.74) is 2.48. The quantitative estimate of drug-likeness (QED) is 0.488. The molecule has 146 valence electrons. The second-order valence-corrected chi connectivity index (χ2v) is 8.74. The Morgan fingerprint density at radius 3 is 3.07 bits per heavy atom. The standard InChI is InChI=1S/C21H20N6OS/c1-12-24-15-7-6-14(11-18(15)29-12)25-20-19-17(8-10-23-21(19)28)27(26-20)16(3-2-9-22)13-4-5-13/h6-8,10-11,13,16H,2-5H2,1H3,(H,23,28)(H,25,26). The molecule has 2 N–H and O–H groups in total. The molecule has 0 bridgehead atoms. The number of aromatic amines is 1. The number of aromatic nitrogens is 4. The summed E-state index contributed by atoms with van der Waals surface area (Å²) in [5, 5.41) is 18.8. The number of nitriles is 1. The van der Waals surface area contributed by atoms with E-state index in [9.17, 15) is 4.79 Å². The third-order valence-corrected chi connectivity index (χ3v) is 6.35. The predicted octanol–water partition coefficient (Wildman–Crippen LogP) is 4.64. The molecule has 0 radical (unpaired) electrons. The molecule has 7 nitrogen and oxygen atoms in total. The van der Waals surface area contributed by atoms with Gasteiger partial charge in [-0.05, 0) is 56.4 Å². The van der Waals surface area contributed by atoms with E-state index in [-0.39, 0.29) is 11.6 Å². The van der Waals surface area contributed by atoms with Gasteiger partial charge in [-0.3, -0.25) is 9.48 Å². The molecular formula is C21H20N6OS. The van der Waals surface area contributed by atoms with Crippen LogP contribution in [0.3, 0.4) is 0 Å². The molecule has 0 aliphatic heterocycles. The molecule has 5 rings (SSSR count). The first kappa shape index (κ1) is 17.9. The monoisotopic (exact) mass is 404 g/mol. The summed E-state index contributed by atoms with van der Waals surface area (Å²) in [4.78, 5) is 19.9. The largest absolute Gasteiger partial charge is 0.338 e. The summed E-state index contributed by atoms with van der Waals surface area (Å²) in [6.07, 6.45) is 5.18. The lowest BCUT2D eigenvalue weighted by atomic mass is 10.1. The molecule has 1 unspecified atom stereocenters. The number of rotatable bonds is 6. The van der Waals surface area contributed by atoms with Gasteiger partial charge in [-0.15, -0.1) is 11.3 Å². The average Bonchev–Trinajstić information content (AvgIpc) is 3.37. The van der Waals surface area contributed by atoms with E-state index in [1.807, 2.05) is 35.9 Å². The van der Waals surface area contributed by atoms with Gasteiger partial charge in [0.2, 0.25) is 0 Å². The highest BCUT2D eigenvalue weighted by Gasteiger charge is 2.34. The van der Waals surface area contributed by atoms with Crippen LogP contribution >= 0.6 is 11.3 Å². The molecule has 1 fully saturated rings. The van der Waals surface area contributed by atoms with Crippen LogP contribution in [-0.2, 0) is 0 Å². The van der Waals surface area contributed by atoms with Gasteiger partial charge < -0.3 is 10.3 Å². The van der Waals surface area contributed by atoms with Crippen molar-refractivity contribution in [2.75, 3.05) is 5.32 Å². The Hall–Kier alpha value is -3.18. The van der Waals surface area contributed by atoms with Gasteiger partial charge >= 0.3 is 0 Å². The fraction of sp³-hybridized carbons (Fsp3) is 0.333. The van der Waals surface area contributed by atoms with Crippen LogP contribution in [0.2, 0.25) is 0 Å². The molecule has 1 saturated carbocycles. The molecule has 1 aliphatic carbocycles. The van der Waals surface area contributed by atoms with Crippen LogP contribution in [0, 0.1) is 24.2 Å². The van der Waals surface area contributed by atoms with Crippen LogP contribution in [-0.4, -0.2) is 19.7 Å². The smallest absolute Gasteiger partial charge is 0.261 e. The number of hydrogen-bond acceptors (Lipinski definition) is 6. The SMILES string of the molecule is Cc1nc2ccc(Nc3nn(C(CCC#N)C4CC4)c4cc[nH]c(=O)c34)cc2s1. The van der Waals surface area contributed by atoms with Gasteiger partial charge in [0.15, 0.2) is 5.82 Å². The minimum atomic E-state index is -0.166. The van der Waals surface area contributed by atoms with Crippen molar-refractivity contribution in [3.05, 3.63) is 45.8 Å². The second-order valence-electron chi connectivity index (χ2n) is 7.50. The van der Waals surface area contributed by atoms with Gasteiger partial charge in [-0.25, -0.2) is 4.98 Å². The predicted molar refractivity (Wildman–Crippen MR) is 115 cm³/mol. The van der Waals surface area contributed by atoms with Crippen molar-refractivity contribution >= 4 is 44.0 Å². The summed E-state index contributed by atoms with van der Waals surface area (Å²) in [7, 11) is 0. The lowest BCUT2D eigenvalue weighted by molar-refractivity contribution is 0.396. The van der Waals surface area contributed by atoms with E-state index in [1.54, 1.807) is 17.5 Å². The maximum Gasteiger partial charge on any atom is 0.261 e. The second kappa shape index (κ2) is 7.01. The van der Waals surface area contributed by atoms with E-state index in [2.05, 4.69) is 21.4 Å². The highest BCUT2D eigenvalue weighted by molar-refractivity contribution is 7.18. The highest BCUT2D eigenvalue weighted by Crippen LogP contribution is 2.43. The number of thiazole rings is 1. The number of H-pyrrole nitrogens is 1. The van der Waals surface area contributed by atoms with Gasteiger partial charge in [0.1, 0.15) is 5.39 Å².